The van der Waals surface area contributed by atoms with E-state index in [1.165, 1.54) is 4.68 Å². The van der Waals surface area contributed by atoms with Crippen molar-refractivity contribution in [2.45, 2.75) is 5.16 Å². The lowest BCUT2D eigenvalue weighted by Gasteiger charge is -2.08. The lowest BCUT2D eigenvalue weighted by atomic mass is 10.3. The van der Waals surface area contributed by atoms with Gasteiger partial charge in [0.15, 0.2) is 5.82 Å². The third kappa shape index (κ3) is 3.51. The maximum absolute atomic E-state index is 13.5. The second-order valence-corrected chi connectivity index (χ2v) is 5.46. The molecule has 0 aliphatic rings. The van der Waals surface area contributed by atoms with Crippen molar-refractivity contribution in [1.29, 1.82) is 0 Å². The molecule has 0 unspecified atom stereocenters. The number of nitrogens with one attached hydrogen (secondary N) is 1. The van der Waals surface area contributed by atoms with Crippen molar-refractivity contribution in [3.05, 3.63) is 28.2 Å². The minimum Gasteiger partial charge on any atom is -0.322 e. The highest BCUT2D eigenvalue weighted by atomic mass is 79.9. The third-order valence-corrected chi connectivity index (χ3v) is 3.82. The van der Waals surface area contributed by atoms with Gasteiger partial charge >= 0.3 is 0 Å². The SMILES string of the molecule is Cn1nnnc1SCC(=O)Nc1c(F)cc(F)cc1Br. The first-order chi connectivity index (χ1) is 9.47. The molecule has 1 aromatic heterocycles. The number of benzene rings is 1. The standard InChI is InChI=1S/C10H8BrF2N5OS/c1-18-10(15-16-17-18)20-4-8(19)14-9-6(11)2-5(12)3-7(9)13/h2-3H,4H2,1H3,(H,14,19). The Morgan fingerprint density at radius 3 is 2.85 bits per heavy atom. The highest BCUT2D eigenvalue weighted by Gasteiger charge is 2.14. The van der Waals surface area contributed by atoms with Crippen LogP contribution < -0.4 is 5.32 Å². The van der Waals surface area contributed by atoms with Crippen molar-refractivity contribution in [2.75, 3.05) is 11.1 Å². The smallest absolute Gasteiger partial charge is 0.234 e. The lowest BCUT2D eigenvalue weighted by molar-refractivity contribution is -0.113. The second kappa shape index (κ2) is 6.27. The van der Waals surface area contributed by atoms with Gasteiger partial charge in [0.05, 0.1) is 11.4 Å². The van der Waals surface area contributed by atoms with E-state index in [2.05, 4.69) is 36.8 Å². The van der Waals surface area contributed by atoms with E-state index in [1.807, 2.05) is 0 Å². The number of anilines is 1. The summed E-state index contributed by atoms with van der Waals surface area (Å²) >= 11 is 4.09. The minimum absolute atomic E-state index is 0.00251. The zero-order chi connectivity index (χ0) is 14.7. The molecule has 20 heavy (non-hydrogen) atoms. The fraction of sp³-hybridized carbons (Fsp3) is 0.200. The van der Waals surface area contributed by atoms with Gasteiger partial charge < -0.3 is 5.32 Å². The summed E-state index contributed by atoms with van der Waals surface area (Å²) < 4.78 is 28.0. The summed E-state index contributed by atoms with van der Waals surface area (Å²) in [7, 11) is 1.64. The van der Waals surface area contributed by atoms with Gasteiger partial charge in [0.1, 0.15) is 5.82 Å². The number of hydrogen-bond donors (Lipinski definition) is 1. The van der Waals surface area contributed by atoms with E-state index >= 15 is 0 Å². The summed E-state index contributed by atoms with van der Waals surface area (Å²) in [6.07, 6.45) is 0. The number of halogens is 3. The number of nitrogens with zero attached hydrogens (tertiary/aromatic N) is 4. The average Bonchev–Trinajstić information content (AvgIpc) is 2.77. The van der Waals surface area contributed by atoms with Crippen LogP contribution >= 0.6 is 27.7 Å². The number of amides is 1. The van der Waals surface area contributed by atoms with Crippen LogP contribution in [0.15, 0.2) is 21.8 Å². The number of carbonyl (C=O) groups is 1. The van der Waals surface area contributed by atoms with Crippen LogP contribution in [0.4, 0.5) is 14.5 Å². The van der Waals surface area contributed by atoms with Crippen LogP contribution in [-0.4, -0.2) is 31.9 Å². The van der Waals surface area contributed by atoms with Gasteiger partial charge in [0.2, 0.25) is 11.1 Å². The average molecular weight is 364 g/mol. The van der Waals surface area contributed by atoms with Gasteiger partial charge in [-0.3, -0.25) is 4.79 Å². The Labute approximate surface area is 125 Å². The molecule has 1 N–H and O–H groups in total. The molecule has 0 aliphatic carbocycles. The molecular formula is C10H8BrF2N5OS. The molecule has 0 radical (unpaired) electrons. The van der Waals surface area contributed by atoms with Gasteiger partial charge in [0.25, 0.3) is 0 Å². The van der Waals surface area contributed by atoms with E-state index in [0.717, 1.165) is 17.8 Å². The summed E-state index contributed by atoms with van der Waals surface area (Å²) in [5, 5.41) is 13.5. The van der Waals surface area contributed by atoms with Gasteiger partial charge in [-0.25, -0.2) is 13.5 Å². The molecule has 0 bridgehead atoms. The normalized spacial score (nSPS) is 10.6. The van der Waals surface area contributed by atoms with Crippen molar-refractivity contribution in [3.8, 4) is 0 Å². The Hall–Kier alpha value is -1.55. The first kappa shape index (κ1) is 14.9. The number of hydrogen-bond acceptors (Lipinski definition) is 5. The van der Waals surface area contributed by atoms with Crippen molar-refractivity contribution in [1.82, 2.24) is 20.2 Å². The van der Waals surface area contributed by atoms with Crippen molar-refractivity contribution in [2.24, 2.45) is 7.05 Å². The topological polar surface area (TPSA) is 72.7 Å². The molecule has 2 rings (SSSR count). The number of carbonyl (C=O) groups excluding carboxylic acids is 1. The molecule has 6 nitrogen and oxygen atoms in total. The van der Waals surface area contributed by atoms with E-state index in [9.17, 15) is 13.6 Å². The van der Waals surface area contributed by atoms with Crippen molar-refractivity contribution < 1.29 is 13.6 Å². The van der Waals surface area contributed by atoms with Gasteiger partial charge in [-0.2, -0.15) is 0 Å². The summed E-state index contributed by atoms with van der Waals surface area (Å²) in [4.78, 5) is 11.7. The fourth-order valence-electron chi connectivity index (χ4n) is 1.31. The van der Waals surface area contributed by atoms with Crippen LogP contribution in [0, 0.1) is 11.6 Å². The zero-order valence-corrected chi connectivity index (χ0v) is 12.5. The fourth-order valence-corrected chi connectivity index (χ4v) is 2.47. The third-order valence-electron chi connectivity index (χ3n) is 2.18. The number of tetrazole rings is 1. The molecule has 106 valence electrons. The summed E-state index contributed by atoms with van der Waals surface area (Å²) in [5.74, 6) is -2.04. The monoisotopic (exact) mass is 363 g/mol. The van der Waals surface area contributed by atoms with E-state index < -0.39 is 17.5 Å². The zero-order valence-electron chi connectivity index (χ0n) is 10.1. The molecule has 0 saturated heterocycles. The first-order valence-corrected chi connectivity index (χ1v) is 7.05. The van der Waals surface area contributed by atoms with E-state index in [1.54, 1.807) is 7.05 Å². The molecule has 1 aromatic carbocycles. The molecule has 1 heterocycles. The molecule has 2 aromatic rings. The molecule has 0 aliphatic heterocycles. The number of aryl methyl sites for hydroxylation is 1. The Bertz CT molecular complexity index is 627. The van der Waals surface area contributed by atoms with E-state index in [4.69, 9.17) is 0 Å². The Balaban J connectivity index is 2.00. The molecule has 0 atom stereocenters. The predicted molar refractivity (Wildman–Crippen MR) is 72.2 cm³/mol. The van der Waals surface area contributed by atoms with Gasteiger partial charge in [-0.15, -0.1) is 5.10 Å². The maximum Gasteiger partial charge on any atom is 0.234 e. The largest absolute Gasteiger partial charge is 0.322 e. The highest BCUT2D eigenvalue weighted by molar-refractivity contribution is 9.10. The quantitative estimate of drug-likeness (QED) is 0.840. The lowest BCUT2D eigenvalue weighted by Crippen LogP contribution is -2.16. The second-order valence-electron chi connectivity index (χ2n) is 3.67. The Kier molecular flexibility index (Phi) is 4.65. The van der Waals surface area contributed by atoms with Gasteiger partial charge in [0, 0.05) is 17.6 Å². The number of thioether (sulfide) groups is 1. The molecule has 1 amide bonds. The van der Waals surface area contributed by atoms with Crippen LogP contribution in [-0.2, 0) is 11.8 Å². The van der Waals surface area contributed by atoms with Crippen LogP contribution in [0.3, 0.4) is 0 Å². The summed E-state index contributed by atoms with van der Waals surface area (Å²) in [5.41, 5.74) is -0.104. The predicted octanol–water partition coefficient (Wildman–Crippen LogP) is 1.98. The van der Waals surface area contributed by atoms with Crippen LogP contribution in [0.25, 0.3) is 0 Å². The molecule has 0 saturated carbocycles. The maximum atomic E-state index is 13.5. The molecule has 10 heteroatoms. The highest BCUT2D eigenvalue weighted by Crippen LogP contribution is 2.27. The Morgan fingerprint density at radius 2 is 2.25 bits per heavy atom. The van der Waals surface area contributed by atoms with Crippen molar-refractivity contribution in [3.63, 3.8) is 0 Å². The summed E-state index contributed by atoms with van der Waals surface area (Å²) in [6.45, 7) is 0. The van der Waals surface area contributed by atoms with E-state index in [-0.39, 0.29) is 15.9 Å². The molecular weight excluding hydrogens is 356 g/mol. The minimum atomic E-state index is -0.851. The Morgan fingerprint density at radius 1 is 1.50 bits per heavy atom. The molecule has 0 fully saturated rings. The number of aromatic nitrogens is 4. The van der Waals surface area contributed by atoms with Crippen LogP contribution in [0.2, 0.25) is 0 Å². The van der Waals surface area contributed by atoms with Gasteiger partial charge in [-0.05, 0) is 32.4 Å². The number of rotatable bonds is 4. The molecule has 0 spiro atoms. The summed E-state index contributed by atoms with van der Waals surface area (Å²) in [6, 6.07) is 1.76. The van der Waals surface area contributed by atoms with Crippen LogP contribution in [0.5, 0.6) is 0 Å². The van der Waals surface area contributed by atoms with Crippen molar-refractivity contribution >= 4 is 39.3 Å². The van der Waals surface area contributed by atoms with Gasteiger partial charge in [-0.1, -0.05) is 11.8 Å². The van der Waals surface area contributed by atoms with E-state index in [0.29, 0.717) is 11.2 Å². The first-order valence-electron chi connectivity index (χ1n) is 5.27. The van der Waals surface area contributed by atoms with Crippen LogP contribution in [0.1, 0.15) is 0 Å².